The SMILES string of the molecule is Cc1cc(F)ccc1-c1ncc2c(n1)CCCCC2N. The molecule has 0 saturated heterocycles. The molecular weight excluding hydrogens is 253 g/mol. The van der Waals surface area contributed by atoms with Crippen LogP contribution in [0.15, 0.2) is 24.4 Å². The standard InChI is InChI=1S/C16H18FN3/c1-10-8-11(17)6-7-12(10)16-19-9-13-14(18)4-2-3-5-15(13)20-16/h6-9,14H,2-5,18H2,1H3. The molecule has 1 unspecified atom stereocenters. The second-order valence-electron chi connectivity index (χ2n) is 5.41. The lowest BCUT2D eigenvalue weighted by Crippen LogP contribution is -2.12. The van der Waals surface area contributed by atoms with Crippen LogP contribution in [0.25, 0.3) is 11.4 Å². The summed E-state index contributed by atoms with van der Waals surface area (Å²) in [5.41, 5.74) is 9.99. The van der Waals surface area contributed by atoms with Crippen molar-refractivity contribution in [2.75, 3.05) is 0 Å². The Labute approximate surface area is 118 Å². The summed E-state index contributed by atoms with van der Waals surface area (Å²) in [6.07, 6.45) is 6.02. The van der Waals surface area contributed by atoms with Gasteiger partial charge in [-0.25, -0.2) is 14.4 Å². The number of aryl methyl sites for hydroxylation is 2. The fraction of sp³-hybridized carbons (Fsp3) is 0.375. The lowest BCUT2D eigenvalue weighted by atomic mass is 10.0. The number of hydrogen-bond donors (Lipinski definition) is 1. The van der Waals surface area contributed by atoms with Gasteiger partial charge in [-0.05, 0) is 49.9 Å². The monoisotopic (exact) mass is 271 g/mol. The summed E-state index contributed by atoms with van der Waals surface area (Å²) in [4.78, 5) is 9.10. The van der Waals surface area contributed by atoms with Gasteiger partial charge in [-0.1, -0.05) is 6.42 Å². The van der Waals surface area contributed by atoms with E-state index in [9.17, 15) is 4.39 Å². The summed E-state index contributed by atoms with van der Waals surface area (Å²) in [6.45, 7) is 1.87. The van der Waals surface area contributed by atoms with Crippen molar-refractivity contribution in [2.45, 2.75) is 38.6 Å². The molecule has 2 N–H and O–H groups in total. The van der Waals surface area contributed by atoms with Crippen LogP contribution in [-0.4, -0.2) is 9.97 Å². The van der Waals surface area contributed by atoms with E-state index in [4.69, 9.17) is 5.73 Å². The lowest BCUT2D eigenvalue weighted by Gasteiger charge is -2.13. The molecule has 0 spiro atoms. The first kappa shape index (κ1) is 13.2. The van der Waals surface area contributed by atoms with E-state index in [1.165, 1.54) is 12.1 Å². The highest BCUT2D eigenvalue weighted by atomic mass is 19.1. The van der Waals surface area contributed by atoms with E-state index in [2.05, 4.69) is 9.97 Å². The number of benzene rings is 1. The first-order valence-corrected chi connectivity index (χ1v) is 7.03. The van der Waals surface area contributed by atoms with Gasteiger partial charge in [0.15, 0.2) is 5.82 Å². The van der Waals surface area contributed by atoms with E-state index in [1.807, 2.05) is 13.1 Å². The molecule has 104 valence electrons. The van der Waals surface area contributed by atoms with Crippen molar-refractivity contribution in [2.24, 2.45) is 5.73 Å². The lowest BCUT2D eigenvalue weighted by molar-refractivity contribution is 0.614. The van der Waals surface area contributed by atoms with Crippen LogP contribution in [0.2, 0.25) is 0 Å². The molecule has 0 fully saturated rings. The molecule has 2 aromatic rings. The maximum Gasteiger partial charge on any atom is 0.159 e. The molecule has 4 heteroatoms. The first-order valence-electron chi connectivity index (χ1n) is 7.03. The predicted molar refractivity (Wildman–Crippen MR) is 76.6 cm³/mol. The van der Waals surface area contributed by atoms with Crippen molar-refractivity contribution in [1.82, 2.24) is 9.97 Å². The molecule has 1 atom stereocenters. The molecule has 3 rings (SSSR count). The Kier molecular flexibility index (Phi) is 3.49. The average molecular weight is 271 g/mol. The fourth-order valence-electron chi connectivity index (χ4n) is 2.76. The van der Waals surface area contributed by atoms with E-state index in [1.54, 1.807) is 6.07 Å². The maximum absolute atomic E-state index is 13.2. The van der Waals surface area contributed by atoms with Gasteiger partial charge in [-0.15, -0.1) is 0 Å². The Morgan fingerprint density at radius 3 is 2.95 bits per heavy atom. The Balaban J connectivity index is 2.05. The highest BCUT2D eigenvalue weighted by molar-refractivity contribution is 5.60. The van der Waals surface area contributed by atoms with Crippen molar-refractivity contribution in [1.29, 1.82) is 0 Å². The number of aromatic nitrogens is 2. The quantitative estimate of drug-likeness (QED) is 0.809. The minimum atomic E-state index is -0.233. The first-order chi connectivity index (χ1) is 9.65. The second-order valence-corrected chi connectivity index (χ2v) is 5.41. The Hall–Kier alpha value is -1.81. The molecule has 0 bridgehead atoms. The van der Waals surface area contributed by atoms with Gasteiger partial charge in [0.2, 0.25) is 0 Å². The molecule has 0 amide bonds. The number of halogens is 1. The van der Waals surface area contributed by atoms with Crippen molar-refractivity contribution < 1.29 is 4.39 Å². The summed E-state index contributed by atoms with van der Waals surface area (Å²) in [6, 6.07) is 4.73. The summed E-state index contributed by atoms with van der Waals surface area (Å²) < 4.78 is 13.2. The zero-order valence-electron chi connectivity index (χ0n) is 11.6. The number of nitrogens with zero attached hydrogens (tertiary/aromatic N) is 2. The van der Waals surface area contributed by atoms with Crippen molar-refractivity contribution >= 4 is 0 Å². The molecule has 1 aromatic heterocycles. The minimum absolute atomic E-state index is 0.0378. The molecular formula is C16H18FN3. The third-order valence-corrected chi connectivity index (χ3v) is 3.91. The Morgan fingerprint density at radius 1 is 1.30 bits per heavy atom. The molecule has 1 aliphatic carbocycles. The van der Waals surface area contributed by atoms with E-state index < -0.39 is 0 Å². The van der Waals surface area contributed by atoms with Crippen LogP contribution in [0.1, 0.15) is 42.1 Å². The van der Waals surface area contributed by atoms with Gasteiger partial charge in [0.1, 0.15) is 5.82 Å². The van der Waals surface area contributed by atoms with E-state index in [-0.39, 0.29) is 11.9 Å². The van der Waals surface area contributed by atoms with Crippen LogP contribution >= 0.6 is 0 Å². The van der Waals surface area contributed by atoms with Gasteiger partial charge in [-0.3, -0.25) is 0 Å². The summed E-state index contributed by atoms with van der Waals surface area (Å²) in [5, 5.41) is 0. The van der Waals surface area contributed by atoms with Gasteiger partial charge in [0.05, 0.1) is 0 Å². The smallest absolute Gasteiger partial charge is 0.159 e. The Morgan fingerprint density at radius 2 is 2.15 bits per heavy atom. The van der Waals surface area contributed by atoms with Gasteiger partial charge in [-0.2, -0.15) is 0 Å². The van der Waals surface area contributed by atoms with E-state index in [0.29, 0.717) is 5.82 Å². The number of hydrogen-bond acceptors (Lipinski definition) is 3. The Bertz CT molecular complexity index is 640. The minimum Gasteiger partial charge on any atom is -0.324 e. The van der Waals surface area contributed by atoms with Crippen molar-refractivity contribution in [3.8, 4) is 11.4 Å². The molecule has 0 radical (unpaired) electrons. The summed E-state index contributed by atoms with van der Waals surface area (Å²) >= 11 is 0. The molecule has 3 nitrogen and oxygen atoms in total. The van der Waals surface area contributed by atoms with Crippen LogP contribution < -0.4 is 5.73 Å². The topological polar surface area (TPSA) is 51.8 Å². The van der Waals surface area contributed by atoms with Gasteiger partial charge in [0, 0.05) is 29.1 Å². The average Bonchev–Trinajstić information content (AvgIpc) is 2.60. The third-order valence-electron chi connectivity index (χ3n) is 3.91. The summed E-state index contributed by atoms with van der Waals surface area (Å²) in [5.74, 6) is 0.429. The van der Waals surface area contributed by atoms with Gasteiger partial charge >= 0.3 is 0 Å². The largest absolute Gasteiger partial charge is 0.324 e. The molecule has 20 heavy (non-hydrogen) atoms. The third kappa shape index (κ3) is 2.43. The van der Waals surface area contributed by atoms with Gasteiger partial charge in [0.25, 0.3) is 0 Å². The van der Waals surface area contributed by atoms with Crippen molar-refractivity contribution in [3.63, 3.8) is 0 Å². The molecule has 0 aliphatic heterocycles. The molecule has 1 aliphatic rings. The van der Waals surface area contributed by atoms with Crippen LogP contribution in [-0.2, 0) is 6.42 Å². The molecule has 1 aromatic carbocycles. The fourth-order valence-corrected chi connectivity index (χ4v) is 2.76. The highest BCUT2D eigenvalue weighted by Gasteiger charge is 2.18. The summed E-state index contributed by atoms with van der Waals surface area (Å²) in [7, 11) is 0. The number of fused-ring (bicyclic) bond motifs is 1. The predicted octanol–water partition coefficient (Wildman–Crippen LogP) is 3.32. The van der Waals surface area contributed by atoms with Gasteiger partial charge < -0.3 is 5.73 Å². The maximum atomic E-state index is 13.2. The van der Waals surface area contributed by atoms with Crippen molar-refractivity contribution in [3.05, 3.63) is 47.0 Å². The molecule has 1 heterocycles. The zero-order chi connectivity index (χ0) is 14.1. The second kappa shape index (κ2) is 5.29. The normalized spacial score (nSPS) is 18.4. The molecule has 0 saturated carbocycles. The number of rotatable bonds is 1. The van der Waals surface area contributed by atoms with Crippen LogP contribution in [0.5, 0.6) is 0 Å². The van der Waals surface area contributed by atoms with Crippen LogP contribution in [0, 0.1) is 12.7 Å². The van der Waals surface area contributed by atoms with Crippen LogP contribution in [0.3, 0.4) is 0 Å². The van der Waals surface area contributed by atoms with Crippen LogP contribution in [0.4, 0.5) is 4.39 Å². The highest BCUT2D eigenvalue weighted by Crippen LogP contribution is 2.28. The van der Waals surface area contributed by atoms with E-state index >= 15 is 0 Å². The number of nitrogens with two attached hydrogens (primary N) is 1. The van der Waals surface area contributed by atoms with E-state index in [0.717, 1.165) is 48.1 Å². The zero-order valence-corrected chi connectivity index (χ0v) is 11.6.